The molecule has 1 aromatic heterocycles. The maximum Gasteiger partial charge on any atom is 0.344 e. The highest BCUT2D eigenvalue weighted by atomic mass is 32.2. The van der Waals surface area contributed by atoms with Crippen molar-refractivity contribution in [3.05, 3.63) is 112 Å². The first kappa shape index (κ1) is 77.6. The Morgan fingerprint density at radius 2 is 1.17 bits per heavy atom. The molecule has 5 rings (SSSR count). The van der Waals surface area contributed by atoms with Gasteiger partial charge in [-0.3, -0.25) is 33.1 Å². The fraction of sp³-hybridized carbons (Fsp3) is 0.314. The van der Waals surface area contributed by atoms with Gasteiger partial charge in [-0.25, -0.2) is 4.79 Å². The summed E-state index contributed by atoms with van der Waals surface area (Å²) in [4.78, 5) is 70.7. The maximum atomic E-state index is 12.7. The zero-order valence-electron chi connectivity index (χ0n) is 45.2. The molecule has 0 saturated carbocycles. The minimum absolute atomic E-state index is 0.0833. The molecule has 4 aromatic rings. The number of carbonyl (C=O) groups is 5. The average molecular weight is 1220 g/mol. The fourth-order valence-electron chi connectivity index (χ4n) is 6.01. The zero-order chi connectivity index (χ0) is 63.1. The first-order valence-electron chi connectivity index (χ1n) is 23.1. The quantitative estimate of drug-likeness (QED) is 0.0182. The van der Waals surface area contributed by atoms with E-state index in [1.165, 1.54) is 42.5 Å². The highest BCUT2D eigenvalue weighted by Gasteiger charge is 2.30. The van der Waals surface area contributed by atoms with Gasteiger partial charge >= 0.3 is 5.63 Å². The number of isothiocyanates is 3. The molecule has 0 bridgehead atoms. The number of thiocarbonyl (C=S) groups is 3. The van der Waals surface area contributed by atoms with Gasteiger partial charge in [0.1, 0.15) is 15.7 Å². The van der Waals surface area contributed by atoms with E-state index in [1.54, 1.807) is 12.1 Å². The second-order valence-electron chi connectivity index (χ2n) is 15.4. The van der Waals surface area contributed by atoms with Crippen LogP contribution in [0, 0.1) is 12.8 Å². The van der Waals surface area contributed by atoms with Gasteiger partial charge < -0.3 is 51.6 Å². The Morgan fingerprint density at radius 3 is 1.59 bits per heavy atom. The van der Waals surface area contributed by atoms with Gasteiger partial charge in [0.15, 0.2) is 0 Å². The molecular formula is C51H65N7O18S5. The largest absolute Gasteiger partial charge is 0.481 e. The number of hydrogen-bond donors (Lipinski definition) is 10. The number of carboxylic acids is 5. The Morgan fingerprint density at radius 1 is 0.716 bits per heavy atom. The number of allylic oxidation sites excluding steroid dienone is 3. The van der Waals surface area contributed by atoms with Crippen LogP contribution in [0.2, 0.25) is 0 Å². The van der Waals surface area contributed by atoms with Gasteiger partial charge in [0, 0.05) is 96.9 Å². The van der Waals surface area contributed by atoms with E-state index in [9.17, 15) is 30.7 Å². The number of benzene rings is 3. The van der Waals surface area contributed by atoms with Crippen LogP contribution in [0.3, 0.4) is 0 Å². The predicted molar refractivity (Wildman–Crippen MR) is 319 cm³/mol. The minimum Gasteiger partial charge on any atom is -0.481 e. The lowest BCUT2D eigenvalue weighted by Gasteiger charge is -2.21. The fourth-order valence-corrected chi connectivity index (χ4v) is 7.92. The van der Waals surface area contributed by atoms with E-state index in [1.807, 2.05) is 31.2 Å². The maximum absolute atomic E-state index is 12.7. The molecule has 1 aliphatic carbocycles. The number of carboxylic acid groups (broad SMARTS) is 5. The van der Waals surface area contributed by atoms with Crippen molar-refractivity contribution in [2.75, 3.05) is 44.2 Å². The van der Waals surface area contributed by atoms with Crippen LogP contribution in [0.4, 0.5) is 17.1 Å². The standard InChI is InChI=1S/C21H20N2O2S.C16H12N2O6S4.C4H13N3.5C2H4O2/c1-4-23(5-2)17-10-11-18-14(3)20(21(24)25-19(18)12-17)15-6-8-16(9-7-15)22-13-26;19-27(20,21)15-7-13(17-9-25)5-3-11(15)1-2-12-4-6-14(18-10-26)8-16(12)28(22,23)24;5-1-3-7-4-2-6;5*1-2(3)4/h6-12H,4-5H2,1-3H3;1-8,11,15H,(H,19,20,21)(H,22,23,24);7H,1-6H2;5*1H3,(H,3,4). The summed E-state index contributed by atoms with van der Waals surface area (Å²) in [6, 6.07) is 17.2. The number of hydrogen-bond acceptors (Lipinski definition) is 21. The van der Waals surface area contributed by atoms with Crippen LogP contribution in [0.15, 0.2) is 120 Å². The van der Waals surface area contributed by atoms with Crippen LogP contribution in [0.25, 0.3) is 28.2 Å². The number of aliphatic imine (C=N–C) groups is 3. The molecule has 0 aliphatic heterocycles. The summed E-state index contributed by atoms with van der Waals surface area (Å²) in [5.74, 6) is -4.99. The lowest BCUT2D eigenvalue weighted by molar-refractivity contribution is -0.135. The van der Waals surface area contributed by atoms with E-state index in [0.717, 1.165) is 89.1 Å². The third kappa shape index (κ3) is 36.3. The molecule has 0 spiro atoms. The lowest BCUT2D eigenvalue weighted by Crippen LogP contribution is -2.27. The van der Waals surface area contributed by atoms with Gasteiger partial charge in [0.25, 0.3) is 50.1 Å². The van der Waals surface area contributed by atoms with Crippen LogP contribution in [-0.4, -0.2) is 141 Å². The summed E-state index contributed by atoms with van der Waals surface area (Å²) in [6.07, 6.45) is 6.82. The van der Waals surface area contributed by atoms with Crippen molar-refractivity contribution in [2.24, 2.45) is 32.4 Å². The number of nitrogens with two attached hydrogens (primary N) is 2. The summed E-state index contributed by atoms with van der Waals surface area (Å²) in [7, 11) is -9.08. The summed E-state index contributed by atoms with van der Waals surface area (Å²) in [5, 5.41) is 46.2. The number of fused-ring (bicyclic) bond motifs is 1. The highest BCUT2D eigenvalue weighted by molar-refractivity contribution is 7.86. The number of aliphatic carboxylic acids is 5. The van der Waals surface area contributed by atoms with Gasteiger partial charge in [-0.05, 0) is 123 Å². The SMILES string of the molecule is CC(=O)O.CC(=O)O.CC(=O)O.CC(=O)O.CC(=O)O.CCN(CC)c1ccc2c(C)c(-c3ccc(N=C=S)cc3)c(=O)oc2c1.NCCNCCN.O=S(=O)(O)c1cc(N=C=S)ccc1C=CC1C=CC(N=C=S)=CC1S(=O)(=O)O. The van der Waals surface area contributed by atoms with E-state index in [-0.39, 0.29) is 22.6 Å². The molecule has 0 fully saturated rings. The Labute approximate surface area is 484 Å². The van der Waals surface area contributed by atoms with Crippen LogP contribution in [-0.2, 0) is 44.2 Å². The van der Waals surface area contributed by atoms with E-state index in [4.69, 9.17) is 65.4 Å². The van der Waals surface area contributed by atoms with Crippen molar-refractivity contribution in [2.45, 2.75) is 65.5 Å². The van der Waals surface area contributed by atoms with Crippen LogP contribution in [0.1, 0.15) is 59.6 Å². The van der Waals surface area contributed by atoms with Crippen molar-refractivity contribution in [1.82, 2.24) is 5.32 Å². The van der Waals surface area contributed by atoms with Crippen LogP contribution >= 0.6 is 36.7 Å². The molecule has 0 radical (unpaired) electrons. The number of rotatable bonds is 15. The van der Waals surface area contributed by atoms with E-state index >= 15 is 0 Å². The topological polar surface area (TPSA) is 430 Å². The van der Waals surface area contributed by atoms with E-state index < -0.39 is 66.1 Å². The van der Waals surface area contributed by atoms with Crippen molar-refractivity contribution in [3.63, 3.8) is 0 Å². The van der Waals surface area contributed by atoms with E-state index in [2.05, 4.69) is 97.2 Å². The van der Waals surface area contributed by atoms with Crippen LogP contribution in [0.5, 0.6) is 0 Å². The minimum atomic E-state index is -4.59. The normalized spacial score (nSPS) is 12.5. The second-order valence-corrected chi connectivity index (χ2v) is 18.9. The summed E-state index contributed by atoms with van der Waals surface area (Å²) >= 11 is 13.5. The van der Waals surface area contributed by atoms with Gasteiger partial charge in [-0.2, -0.15) is 31.8 Å². The number of nitrogens with zero attached hydrogens (tertiary/aromatic N) is 4. The van der Waals surface area contributed by atoms with Gasteiger partial charge in [0.05, 0.1) is 38.1 Å². The lowest BCUT2D eigenvalue weighted by atomic mass is 9.97. The van der Waals surface area contributed by atoms with Crippen molar-refractivity contribution >= 4 is 136 Å². The van der Waals surface area contributed by atoms with Crippen molar-refractivity contribution < 1.29 is 79.9 Å². The molecule has 1 aliphatic rings. The Kier molecular flexibility index (Phi) is 40.5. The smallest absolute Gasteiger partial charge is 0.344 e. The van der Waals surface area contributed by atoms with E-state index in [0.29, 0.717) is 29.9 Å². The predicted octanol–water partition coefficient (Wildman–Crippen LogP) is 7.41. The highest BCUT2D eigenvalue weighted by Crippen LogP contribution is 2.31. The number of nitrogens with one attached hydrogen (secondary N) is 1. The number of anilines is 1. The molecule has 0 saturated heterocycles. The molecule has 0 amide bonds. The third-order valence-electron chi connectivity index (χ3n) is 8.92. The zero-order valence-corrected chi connectivity index (χ0v) is 49.2. The first-order valence-corrected chi connectivity index (χ1v) is 27.3. The molecule has 81 heavy (non-hydrogen) atoms. The Bertz CT molecular complexity index is 3160. The molecule has 1 heterocycles. The molecule has 442 valence electrons. The average Bonchev–Trinajstić information content (AvgIpc) is 3.34. The monoisotopic (exact) mass is 1220 g/mol. The molecule has 25 nitrogen and oxygen atoms in total. The Hall–Kier alpha value is -7.66. The number of aryl methyl sites for hydroxylation is 1. The van der Waals surface area contributed by atoms with Gasteiger partial charge in [0.2, 0.25) is 0 Å². The van der Waals surface area contributed by atoms with Crippen molar-refractivity contribution in [3.8, 4) is 11.1 Å². The molecule has 2 unspecified atom stereocenters. The Balaban J connectivity index is -0.00000104. The molecule has 3 aromatic carbocycles. The summed E-state index contributed by atoms with van der Waals surface area (Å²) in [6.45, 7) is 16.5. The van der Waals surface area contributed by atoms with Crippen LogP contribution < -0.4 is 27.3 Å². The summed E-state index contributed by atoms with van der Waals surface area (Å²) < 4.78 is 71.2. The van der Waals surface area contributed by atoms with Gasteiger partial charge in [-0.15, -0.1) is 0 Å². The first-order chi connectivity index (χ1) is 37.7. The summed E-state index contributed by atoms with van der Waals surface area (Å²) in [5.41, 5.74) is 15.1. The molecule has 12 N–H and O–H groups in total. The van der Waals surface area contributed by atoms with Gasteiger partial charge in [-0.1, -0.05) is 36.4 Å². The van der Waals surface area contributed by atoms with Crippen molar-refractivity contribution in [1.29, 1.82) is 0 Å². The molecule has 30 heteroatoms. The third-order valence-corrected chi connectivity index (χ3v) is 11.2. The molecular weight excluding hydrogens is 1160 g/mol. The molecule has 2 atom stereocenters. The second kappa shape index (κ2) is 42.3.